The van der Waals surface area contributed by atoms with Crippen LogP contribution >= 0.6 is 0 Å². The molecular weight excluding hydrogens is 642 g/mol. The van der Waals surface area contributed by atoms with Crippen molar-refractivity contribution < 1.29 is 29.0 Å². The largest absolute Gasteiger partial charge is 0.494 e. The van der Waals surface area contributed by atoms with Crippen molar-refractivity contribution >= 4 is 23.4 Å². The number of aliphatic hydroxyl groups is 1. The fourth-order valence-electron chi connectivity index (χ4n) is 8.71. The van der Waals surface area contributed by atoms with Crippen LogP contribution < -0.4 is 9.64 Å². The molecule has 6 rings (SSSR count). The van der Waals surface area contributed by atoms with Gasteiger partial charge in [-0.1, -0.05) is 79.7 Å². The zero-order chi connectivity index (χ0) is 36.2. The maximum absolute atomic E-state index is 15.2. The highest BCUT2D eigenvalue weighted by Crippen LogP contribution is 2.65. The van der Waals surface area contributed by atoms with Gasteiger partial charge in [-0.05, 0) is 68.0 Å². The Bertz CT molecular complexity index is 1720. The fourth-order valence-corrected chi connectivity index (χ4v) is 8.71. The van der Waals surface area contributed by atoms with Gasteiger partial charge in [0.2, 0.25) is 17.7 Å². The molecule has 3 aromatic carbocycles. The molecule has 2 bridgehead atoms. The second-order valence-electron chi connectivity index (χ2n) is 13.8. The van der Waals surface area contributed by atoms with E-state index in [0.717, 1.165) is 11.1 Å². The number of amides is 3. The molecule has 0 radical (unpaired) electrons. The highest BCUT2D eigenvalue weighted by atomic mass is 16.5. The topological polar surface area (TPSA) is 99.6 Å². The van der Waals surface area contributed by atoms with Crippen LogP contribution in [0.25, 0.3) is 0 Å². The number of carbonyl (C=O) groups excluding carboxylic acids is 3. The van der Waals surface area contributed by atoms with E-state index < -0.39 is 35.1 Å². The summed E-state index contributed by atoms with van der Waals surface area (Å²) in [6.07, 6.45) is 5.15. The van der Waals surface area contributed by atoms with Crippen LogP contribution in [-0.2, 0) is 32.1 Å². The van der Waals surface area contributed by atoms with Gasteiger partial charge in [-0.25, -0.2) is 0 Å². The Balaban J connectivity index is 1.45. The third-order valence-corrected chi connectivity index (χ3v) is 11.0. The molecule has 0 aromatic heterocycles. The molecule has 9 nitrogen and oxygen atoms in total. The Morgan fingerprint density at radius 2 is 1.59 bits per heavy atom. The van der Waals surface area contributed by atoms with E-state index in [2.05, 4.69) is 13.2 Å². The molecule has 6 atom stereocenters. The van der Waals surface area contributed by atoms with Crippen LogP contribution in [0.1, 0.15) is 44.2 Å². The SMILES string of the molecule is C=CCN(Cc1ccccc1)C(=O)C1N([C@@H](CO)Cc2ccccc2)C(=O)[C@@H]2[C@@H](C(=O)N(CC=C)c3ccc(OCC)cc3)[C@@]3(CC)CCC12O3. The number of anilines is 1. The second kappa shape index (κ2) is 15.3. The third kappa shape index (κ3) is 6.49. The first-order valence-corrected chi connectivity index (χ1v) is 18.0. The van der Waals surface area contributed by atoms with E-state index in [-0.39, 0.29) is 37.4 Å². The van der Waals surface area contributed by atoms with Crippen molar-refractivity contribution in [2.45, 2.75) is 69.4 Å². The maximum atomic E-state index is 15.2. The summed E-state index contributed by atoms with van der Waals surface area (Å²) in [7, 11) is 0. The molecule has 1 spiro atoms. The average molecular weight is 692 g/mol. The Labute approximate surface area is 301 Å². The lowest BCUT2D eigenvalue weighted by molar-refractivity contribution is -0.156. The van der Waals surface area contributed by atoms with Crippen molar-refractivity contribution in [3.8, 4) is 5.75 Å². The van der Waals surface area contributed by atoms with Crippen molar-refractivity contribution in [1.29, 1.82) is 0 Å². The minimum absolute atomic E-state index is 0.223. The summed E-state index contributed by atoms with van der Waals surface area (Å²) in [6, 6.07) is 24.9. The van der Waals surface area contributed by atoms with Gasteiger partial charge in [0.25, 0.3) is 0 Å². The minimum atomic E-state index is -1.26. The van der Waals surface area contributed by atoms with E-state index in [4.69, 9.17) is 9.47 Å². The smallest absolute Gasteiger partial charge is 0.249 e. The standard InChI is InChI=1S/C42H49N3O6/c1-5-25-43(28-31-17-13-10-14-18-31)40(49)37-42-24-23-41(7-3,51-42)35(38(47)44(26-6-2)32-19-21-34(22-20-32)50-8-4)36(42)39(48)45(37)33(29-46)27-30-15-11-9-12-16-30/h5-6,9-22,33,35-37,46H,1-2,7-8,23-29H2,3-4H3/t33-,35+,36+,37?,41-,42?/m1/s1. The second-order valence-corrected chi connectivity index (χ2v) is 13.8. The molecule has 0 saturated carbocycles. The van der Waals surface area contributed by atoms with Crippen molar-refractivity contribution in [2.24, 2.45) is 11.8 Å². The van der Waals surface area contributed by atoms with E-state index in [1.165, 1.54) is 0 Å². The zero-order valence-electron chi connectivity index (χ0n) is 29.7. The molecule has 1 N–H and O–H groups in total. The maximum Gasteiger partial charge on any atom is 0.249 e. The molecule has 3 saturated heterocycles. The minimum Gasteiger partial charge on any atom is -0.494 e. The normalized spacial score (nSPS) is 25.3. The van der Waals surface area contributed by atoms with Crippen molar-refractivity contribution in [2.75, 3.05) is 31.2 Å². The zero-order valence-corrected chi connectivity index (χ0v) is 29.7. The Kier molecular flexibility index (Phi) is 10.8. The van der Waals surface area contributed by atoms with Gasteiger partial charge < -0.3 is 29.3 Å². The number of hydrogen-bond acceptors (Lipinski definition) is 6. The van der Waals surface area contributed by atoms with Gasteiger partial charge in [0.15, 0.2) is 0 Å². The molecule has 0 aliphatic carbocycles. The summed E-state index contributed by atoms with van der Waals surface area (Å²) in [5, 5.41) is 10.9. The molecular formula is C42H49N3O6. The van der Waals surface area contributed by atoms with Gasteiger partial charge in [-0.15, -0.1) is 13.2 Å². The molecule has 3 fully saturated rings. The molecule has 3 amide bonds. The number of likely N-dealkylation sites (tertiary alicyclic amines) is 1. The van der Waals surface area contributed by atoms with Gasteiger partial charge in [0.1, 0.15) is 17.4 Å². The lowest BCUT2D eigenvalue weighted by Gasteiger charge is -2.39. The summed E-state index contributed by atoms with van der Waals surface area (Å²) < 4.78 is 12.8. The molecule has 3 aliphatic heterocycles. The summed E-state index contributed by atoms with van der Waals surface area (Å²) in [5.41, 5.74) is 0.310. The Hall–Kier alpha value is -4.73. The van der Waals surface area contributed by atoms with E-state index in [9.17, 15) is 5.11 Å². The van der Waals surface area contributed by atoms with Gasteiger partial charge in [-0.3, -0.25) is 14.4 Å². The molecule has 3 aliphatic rings. The first-order chi connectivity index (χ1) is 24.8. The van der Waals surface area contributed by atoms with E-state index >= 15 is 14.4 Å². The molecule has 268 valence electrons. The first-order valence-electron chi connectivity index (χ1n) is 18.0. The number of aliphatic hydroxyl groups excluding tert-OH is 1. The lowest BCUT2D eigenvalue weighted by atomic mass is 9.64. The Morgan fingerprint density at radius 1 is 0.941 bits per heavy atom. The van der Waals surface area contributed by atoms with Crippen LogP contribution in [0, 0.1) is 11.8 Å². The summed E-state index contributed by atoms with van der Waals surface area (Å²) >= 11 is 0. The van der Waals surface area contributed by atoms with Gasteiger partial charge in [-0.2, -0.15) is 0 Å². The average Bonchev–Trinajstić information content (AvgIpc) is 3.77. The van der Waals surface area contributed by atoms with Crippen LogP contribution in [0.2, 0.25) is 0 Å². The lowest BCUT2D eigenvalue weighted by Crippen LogP contribution is -2.59. The summed E-state index contributed by atoms with van der Waals surface area (Å²) in [6.45, 7) is 12.7. The monoisotopic (exact) mass is 691 g/mol. The summed E-state index contributed by atoms with van der Waals surface area (Å²) in [5.74, 6) is -1.94. The van der Waals surface area contributed by atoms with Crippen LogP contribution in [-0.4, -0.2) is 82.2 Å². The number of carbonyl (C=O) groups is 3. The predicted molar refractivity (Wildman–Crippen MR) is 197 cm³/mol. The van der Waals surface area contributed by atoms with Crippen molar-refractivity contribution in [3.05, 3.63) is 121 Å². The number of benzene rings is 3. The van der Waals surface area contributed by atoms with E-state index in [1.807, 2.05) is 98.8 Å². The predicted octanol–water partition coefficient (Wildman–Crippen LogP) is 5.58. The fraction of sp³-hybridized carbons (Fsp3) is 0.405. The van der Waals surface area contributed by atoms with E-state index in [1.54, 1.807) is 26.9 Å². The quantitative estimate of drug-likeness (QED) is 0.197. The molecule has 9 heteroatoms. The van der Waals surface area contributed by atoms with Gasteiger partial charge in [0, 0.05) is 25.3 Å². The van der Waals surface area contributed by atoms with Gasteiger partial charge >= 0.3 is 0 Å². The van der Waals surface area contributed by atoms with E-state index in [0.29, 0.717) is 50.3 Å². The van der Waals surface area contributed by atoms with Crippen LogP contribution in [0.4, 0.5) is 5.69 Å². The van der Waals surface area contributed by atoms with Crippen LogP contribution in [0.5, 0.6) is 5.75 Å². The van der Waals surface area contributed by atoms with Crippen molar-refractivity contribution in [1.82, 2.24) is 9.80 Å². The van der Waals surface area contributed by atoms with Crippen molar-refractivity contribution in [3.63, 3.8) is 0 Å². The molecule has 2 unspecified atom stereocenters. The highest BCUT2D eigenvalue weighted by Gasteiger charge is 2.79. The molecule has 3 aromatic rings. The molecule has 51 heavy (non-hydrogen) atoms. The summed E-state index contributed by atoms with van der Waals surface area (Å²) in [4.78, 5) is 50.2. The highest BCUT2D eigenvalue weighted by molar-refractivity contribution is 6.03. The number of fused-ring (bicyclic) bond motifs is 1. The number of ether oxygens (including phenoxy) is 2. The third-order valence-electron chi connectivity index (χ3n) is 11.0. The number of rotatable bonds is 16. The number of hydrogen-bond donors (Lipinski definition) is 1. The van der Waals surface area contributed by atoms with Crippen LogP contribution in [0.15, 0.2) is 110 Å². The Morgan fingerprint density at radius 3 is 2.18 bits per heavy atom. The number of nitrogens with zero attached hydrogens (tertiary/aromatic N) is 3. The molecule has 3 heterocycles. The van der Waals surface area contributed by atoms with Gasteiger partial charge in [0.05, 0.1) is 36.7 Å². The van der Waals surface area contributed by atoms with Crippen LogP contribution in [0.3, 0.4) is 0 Å². The first kappa shape index (κ1) is 36.1.